The molecule has 2 heteroatoms. The second-order valence-electron chi connectivity index (χ2n) is 2.91. The zero-order valence-electron chi connectivity index (χ0n) is 7.66. The molecular weight excluding hydrogens is 150 g/mol. The van der Waals surface area contributed by atoms with Gasteiger partial charge in [0, 0.05) is 6.20 Å². The van der Waals surface area contributed by atoms with Crippen LogP contribution in [0.5, 0.6) is 5.75 Å². The lowest BCUT2D eigenvalue weighted by molar-refractivity contribution is 0.209. The van der Waals surface area contributed by atoms with Gasteiger partial charge in [0.05, 0.1) is 12.3 Å². The van der Waals surface area contributed by atoms with Crippen molar-refractivity contribution in [1.82, 2.24) is 4.98 Å². The first-order chi connectivity index (χ1) is 5.83. The van der Waals surface area contributed by atoms with Gasteiger partial charge >= 0.3 is 0 Å². The number of hydrogen-bond donors (Lipinski definition) is 0. The van der Waals surface area contributed by atoms with Crippen LogP contribution in [0, 0.1) is 0 Å². The molecule has 0 aliphatic carbocycles. The summed E-state index contributed by atoms with van der Waals surface area (Å²) < 4.78 is 5.59. The molecule has 0 aliphatic rings. The Morgan fingerprint density at radius 2 is 2.42 bits per heavy atom. The summed E-state index contributed by atoms with van der Waals surface area (Å²) in [5, 5.41) is 0. The summed E-state index contributed by atoms with van der Waals surface area (Å²) in [5.74, 6) is 0.860. The second kappa shape index (κ2) is 4.75. The molecule has 66 valence electrons. The predicted octanol–water partition coefficient (Wildman–Crippen LogP) is 2.65. The zero-order valence-corrected chi connectivity index (χ0v) is 7.66. The van der Waals surface area contributed by atoms with E-state index in [1.165, 1.54) is 0 Å². The number of ether oxygens (including phenoxy) is 1. The first-order valence-electron chi connectivity index (χ1n) is 4.39. The van der Waals surface area contributed by atoms with Crippen molar-refractivity contribution in [3.63, 3.8) is 0 Å². The largest absolute Gasteiger partial charge is 0.489 e. The van der Waals surface area contributed by atoms with E-state index in [9.17, 15) is 0 Å². The van der Waals surface area contributed by atoms with Crippen LogP contribution in [0.2, 0.25) is 0 Å². The highest BCUT2D eigenvalue weighted by Gasteiger charge is 2.00. The van der Waals surface area contributed by atoms with Crippen molar-refractivity contribution in [2.75, 3.05) is 0 Å². The molecule has 1 aromatic heterocycles. The molecular formula is C10H15NO. The molecule has 1 unspecified atom stereocenters. The standard InChI is InChI=1S/C10H15NO/c1-3-5-9(2)12-10-6-4-7-11-8-10/h4,6-9H,3,5H2,1-2H3. The molecule has 1 heterocycles. The van der Waals surface area contributed by atoms with Crippen LogP contribution in [0.1, 0.15) is 26.7 Å². The van der Waals surface area contributed by atoms with Gasteiger partial charge in [-0.1, -0.05) is 13.3 Å². The smallest absolute Gasteiger partial charge is 0.137 e. The summed E-state index contributed by atoms with van der Waals surface area (Å²) in [6.07, 6.45) is 6.03. The minimum atomic E-state index is 0.291. The van der Waals surface area contributed by atoms with E-state index >= 15 is 0 Å². The summed E-state index contributed by atoms with van der Waals surface area (Å²) in [5.41, 5.74) is 0. The van der Waals surface area contributed by atoms with E-state index in [1.807, 2.05) is 12.1 Å². The van der Waals surface area contributed by atoms with E-state index in [0.29, 0.717) is 6.10 Å². The van der Waals surface area contributed by atoms with Crippen molar-refractivity contribution < 1.29 is 4.74 Å². The van der Waals surface area contributed by atoms with Gasteiger partial charge in [-0.05, 0) is 25.5 Å². The van der Waals surface area contributed by atoms with Gasteiger partial charge < -0.3 is 4.74 Å². The number of hydrogen-bond acceptors (Lipinski definition) is 2. The van der Waals surface area contributed by atoms with Crippen LogP contribution < -0.4 is 4.74 Å². The van der Waals surface area contributed by atoms with E-state index in [1.54, 1.807) is 12.4 Å². The van der Waals surface area contributed by atoms with Crippen molar-refractivity contribution in [3.8, 4) is 5.75 Å². The molecule has 1 aromatic rings. The monoisotopic (exact) mass is 165 g/mol. The lowest BCUT2D eigenvalue weighted by Gasteiger charge is -2.12. The van der Waals surface area contributed by atoms with Gasteiger partial charge in [0.15, 0.2) is 0 Å². The maximum atomic E-state index is 5.59. The molecule has 0 aromatic carbocycles. The molecule has 0 spiro atoms. The Labute approximate surface area is 73.6 Å². The highest BCUT2D eigenvalue weighted by atomic mass is 16.5. The zero-order chi connectivity index (χ0) is 8.81. The lowest BCUT2D eigenvalue weighted by Crippen LogP contribution is -2.10. The summed E-state index contributed by atoms with van der Waals surface area (Å²) in [7, 11) is 0. The average molecular weight is 165 g/mol. The second-order valence-corrected chi connectivity index (χ2v) is 2.91. The molecule has 1 rings (SSSR count). The Morgan fingerprint density at radius 1 is 1.58 bits per heavy atom. The van der Waals surface area contributed by atoms with Crippen LogP contribution in [0.4, 0.5) is 0 Å². The van der Waals surface area contributed by atoms with Crippen molar-refractivity contribution in [2.24, 2.45) is 0 Å². The van der Waals surface area contributed by atoms with Crippen LogP contribution >= 0.6 is 0 Å². The Kier molecular flexibility index (Phi) is 3.58. The molecule has 0 bridgehead atoms. The molecule has 2 nitrogen and oxygen atoms in total. The van der Waals surface area contributed by atoms with Gasteiger partial charge in [-0.25, -0.2) is 0 Å². The Bertz CT molecular complexity index is 210. The third-order valence-corrected chi connectivity index (χ3v) is 1.67. The first kappa shape index (κ1) is 9.04. The maximum absolute atomic E-state index is 5.59. The van der Waals surface area contributed by atoms with E-state index in [-0.39, 0.29) is 0 Å². The topological polar surface area (TPSA) is 22.1 Å². The third-order valence-electron chi connectivity index (χ3n) is 1.67. The summed E-state index contributed by atoms with van der Waals surface area (Å²) in [4.78, 5) is 3.97. The van der Waals surface area contributed by atoms with Crippen LogP contribution in [0.15, 0.2) is 24.5 Å². The van der Waals surface area contributed by atoms with Gasteiger partial charge in [-0.3, -0.25) is 4.98 Å². The highest BCUT2D eigenvalue weighted by molar-refractivity contribution is 5.15. The molecule has 12 heavy (non-hydrogen) atoms. The predicted molar refractivity (Wildman–Crippen MR) is 49.2 cm³/mol. The van der Waals surface area contributed by atoms with Crippen LogP contribution in [0.25, 0.3) is 0 Å². The van der Waals surface area contributed by atoms with E-state index in [0.717, 1.165) is 18.6 Å². The quantitative estimate of drug-likeness (QED) is 0.684. The number of rotatable bonds is 4. The van der Waals surface area contributed by atoms with Gasteiger partial charge in [-0.15, -0.1) is 0 Å². The van der Waals surface area contributed by atoms with Crippen LogP contribution in [-0.2, 0) is 0 Å². The molecule has 0 saturated carbocycles. The molecule has 0 aliphatic heterocycles. The van der Waals surface area contributed by atoms with Gasteiger partial charge in [0.2, 0.25) is 0 Å². The molecule has 0 radical (unpaired) electrons. The van der Waals surface area contributed by atoms with E-state index < -0.39 is 0 Å². The van der Waals surface area contributed by atoms with E-state index in [4.69, 9.17) is 4.74 Å². The van der Waals surface area contributed by atoms with Crippen LogP contribution in [0.3, 0.4) is 0 Å². The van der Waals surface area contributed by atoms with Crippen molar-refractivity contribution in [2.45, 2.75) is 32.8 Å². The fraction of sp³-hybridized carbons (Fsp3) is 0.500. The maximum Gasteiger partial charge on any atom is 0.137 e. The third kappa shape index (κ3) is 2.91. The first-order valence-corrected chi connectivity index (χ1v) is 4.39. The minimum absolute atomic E-state index is 0.291. The molecule has 1 atom stereocenters. The minimum Gasteiger partial charge on any atom is -0.489 e. The molecule has 0 fully saturated rings. The number of pyridine rings is 1. The summed E-state index contributed by atoms with van der Waals surface area (Å²) in [6, 6.07) is 3.81. The highest BCUT2D eigenvalue weighted by Crippen LogP contribution is 2.11. The van der Waals surface area contributed by atoms with Crippen LogP contribution in [-0.4, -0.2) is 11.1 Å². The molecule has 0 amide bonds. The lowest BCUT2D eigenvalue weighted by atomic mass is 10.2. The normalized spacial score (nSPS) is 12.5. The average Bonchev–Trinajstić information content (AvgIpc) is 2.06. The van der Waals surface area contributed by atoms with Gasteiger partial charge in [0.25, 0.3) is 0 Å². The number of aromatic nitrogens is 1. The Hall–Kier alpha value is -1.05. The van der Waals surface area contributed by atoms with E-state index in [2.05, 4.69) is 18.8 Å². The van der Waals surface area contributed by atoms with Crippen molar-refractivity contribution in [1.29, 1.82) is 0 Å². The Balaban J connectivity index is 2.41. The van der Waals surface area contributed by atoms with Gasteiger partial charge in [-0.2, -0.15) is 0 Å². The summed E-state index contributed by atoms with van der Waals surface area (Å²) >= 11 is 0. The molecule has 0 saturated heterocycles. The van der Waals surface area contributed by atoms with Gasteiger partial charge in [0.1, 0.15) is 5.75 Å². The number of nitrogens with zero attached hydrogens (tertiary/aromatic N) is 1. The Morgan fingerprint density at radius 3 is 3.00 bits per heavy atom. The molecule has 0 N–H and O–H groups in total. The fourth-order valence-electron chi connectivity index (χ4n) is 1.11. The fourth-order valence-corrected chi connectivity index (χ4v) is 1.11. The van der Waals surface area contributed by atoms with Crippen molar-refractivity contribution in [3.05, 3.63) is 24.5 Å². The van der Waals surface area contributed by atoms with Crippen molar-refractivity contribution >= 4 is 0 Å². The SMILES string of the molecule is CCCC(C)Oc1cccnc1. The summed E-state index contributed by atoms with van der Waals surface area (Å²) in [6.45, 7) is 4.24.